The Morgan fingerprint density at radius 2 is 2.21 bits per heavy atom. The highest BCUT2D eigenvalue weighted by Gasteiger charge is 2.23. The number of rotatable bonds is 1. The van der Waals surface area contributed by atoms with Gasteiger partial charge in [-0.2, -0.15) is 5.10 Å². The van der Waals surface area contributed by atoms with Gasteiger partial charge in [0.2, 0.25) is 0 Å². The zero-order chi connectivity index (χ0) is 10.3. The van der Waals surface area contributed by atoms with Gasteiger partial charge in [-0.3, -0.25) is 4.68 Å². The topological polar surface area (TPSA) is 52.0 Å². The fourth-order valence-corrected chi connectivity index (χ4v) is 2.87. The van der Waals surface area contributed by atoms with Crippen LogP contribution in [-0.4, -0.2) is 24.0 Å². The molecule has 78 valence electrons. The van der Waals surface area contributed by atoms with Gasteiger partial charge in [-0.05, 0) is 12.0 Å². The Kier molecular flexibility index (Phi) is 2.14. The molecule has 0 bridgehead atoms. The van der Waals surface area contributed by atoms with E-state index in [0.29, 0.717) is 12.5 Å². The molecule has 2 rings (SSSR count). The summed E-state index contributed by atoms with van der Waals surface area (Å²) in [6, 6.07) is 1.90. The summed E-state index contributed by atoms with van der Waals surface area (Å²) in [6.45, 7) is 4.62. The van der Waals surface area contributed by atoms with Gasteiger partial charge in [0.15, 0.2) is 9.84 Å². The molecule has 0 N–H and O–H groups in total. The van der Waals surface area contributed by atoms with Crippen LogP contribution in [0, 0.1) is 0 Å². The zero-order valence-electron chi connectivity index (χ0n) is 8.40. The van der Waals surface area contributed by atoms with Gasteiger partial charge in [-0.15, -0.1) is 0 Å². The number of nitrogens with zero attached hydrogens (tertiary/aromatic N) is 2. The maximum atomic E-state index is 11.4. The minimum atomic E-state index is -2.87. The molecule has 0 aromatic carbocycles. The molecule has 0 fully saturated rings. The van der Waals surface area contributed by atoms with E-state index in [1.807, 2.05) is 10.7 Å². The highest BCUT2D eigenvalue weighted by molar-refractivity contribution is 7.90. The first-order valence-electron chi connectivity index (χ1n) is 4.75. The number of fused-ring (bicyclic) bond motifs is 1. The molecule has 0 unspecified atom stereocenters. The Morgan fingerprint density at radius 3 is 2.86 bits per heavy atom. The standard InChI is InChI=1S/C9H14N2O2S/c1-7(2)9-5-8-6-14(12,13)4-3-11(8)10-9/h5,7H,3-4,6H2,1-2H3. The van der Waals surface area contributed by atoms with Gasteiger partial charge in [0.25, 0.3) is 0 Å². The summed E-state index contributed by atoms with van der Waals surface area (Å²) in [5.41, 5.74) is 1.82. The first-order valence-corrected chi connectivity index (χ1v) is 6.57. The lowest BCUT2D eigenvalue weighted by Gasteiger charge is -2.13. The molecule has 0 spiro atoms. The largest absolute Gasteiger partial charge is 0.267 e. The van der Waals surface area contributed by atoms with Crippen molar-refractivity contribution < 1.29 is 8.42 Å². The van der Waals surface area contributed by atoms with Crippen LogP contribution in [0.15, 0.2) is 6.07 Å². The van der Waals surface area contributed by atoms with E-state index >= 15 is 0 Å². The van der Waals surface area contributed by atoms with Gasteiger partial charge in [0.05, 0.1) is 29.4 Å². The van der Waals surface area contributed by atoms with Crippen LogP contribution in [0.2, 0.25) is 0 Å². The van der Waals surface area contributed by atoms with Crippen LogP contribution in [0.25, 0.3) is 0 Å². The molecule has 0 saturated carbocycles. The van der Waals surface area contributed by atoms with Crippen molar-refractivity contribution in [3.05, 3.63) is 17.5 Å². The zero-order valence-corrected chi connectivity index (χ0v) is 9.21. The predicted molar refractivity (Wildman–Crippen MR) is 53.8 cm³/mol. The van der Waals surface area contributed by atoms with Gasteiger partial charge in [0.1, 0.15) is 0 Å². The first kappa shape index (κ1) is 9.71. The minimum absolute atomic E-state index is 0.146. The maximum Gasteiger partial charge on any atom is 0.157 e. The molecule has 1 aromatic rings. The molecule has 14 heavy (non-hydrogen) atoms. The molecule has 0 atom stereocenters. The van der Waals surface area contributed by atoms with E-state index in [9.17, 15) is 8.42 Å². The summed E-state index contributed by atoms with van der Waals surface area (Å²) < 4.78 is 24.5. The quantitative estimate of drug-likeness (QED) is 0.699. The lowest BCUT2D eigenvalue weighted by Crippen LogP contribution is -2.24. The van der Waals surface area contributed by atoms with E-state index in [1.54, 1.807) is 0 Å². The van der Waals surface area contributed by atoms with Gasteiger partial charge in [-0.1, -0.05) is 13.8 Å². The van der Waals surface area contributed by atoms with Gasteiger partial charge >= 0.3 is 0 Å². The van der Waals surface area contributed by atoms with E-state index in [4.69, 9.17) is 0 Å². The number of sulfone groups is 1. The fraction of sp³-hybridized carbons (Fsp3) is 0.667. The van der Waals surface area contributed by atoms with Gasteiger partial charge in [0, 0.05) is 0 Å². The van der Waals surface area contributed by atoms with Crippen molar-refractivity contribution in [3.63, 3.8) is 0 Å². The molecule has 2 heterocycles. The van der Waals surface area contributed by atoms with Crippen molar-refractivity contribution in [1.29, 1.82) is 0 Å². The Bertz CT molecular complexity index is 445. The van der Waals surface area contributed by atoms with Crippen molar-refractivity contribution >= 4 is 9.84 Å². The Balaban J connectivity index is 2.39. The molecule has 0 amide bonds. The molecule has 1 aliphatic rings. The third kappa shape index (κ3) is 1.68. The molecular formula is C9H14N2O2S. The Labute approximate surface area is 83.8 Å². The predicted octanol–water partition coefficient (Wildman–Crippen LogP) is 0.935. The lowest BCUT2D eigenvalue weighted by atomic mass is 10.1. The second-order valence-electron chi connectivity index (χ2n) is 4.03. The van der Waals surface area contributed by atoms with Crippen LogP contribution < -0.4 is 0 Å². The van der Waals surface area contributed by atoms with Gasteiger partial charge < -0.3 is 0 Å². The summed E-state index contributed by atoms with van der Waals surface area (Å²) in [7, 11) is -2.87. The monoisotopic (exact) mass is 214 g/mol. The number of hydrogen-bond acceptors (Lipinski definition) is 3. The summed E-state index contributed by atoms with van der Waals surface area (Å²) in [4.78, 5) is 0. The average molecular weight is 214 g/mol. The Morgan fingerprint density at radius 1 is 1.50 bits per heavy atom. The fourth-order valence-electron chi connectivity index (χ4n) is 1.59. The van der Waals surface area contributed by atoms with Crippen molar-refractivity contribution in [3.8, 4) is 0 Å². The van der Waals surface area contributed by atoms with E-state index < -0.39 is 9.84 Å². The van der Waals surface area contributed by atoms with E-state index in [-0.39, 0.29) is 11.5 Å². The van der Waals surface area contributed by atoms with Crippen molar-refractivity contribution in [2.75, 3.05) is 5.75 Å². The van der Waals surface area contributed by atoms with Gasteiger partial charge in [-0.25, -0.2) is 8.42 Å². The normalized spacial score (nSPS) is 19.6. The Hall–Kier alpha value is -0.840. The van der Waals surface area contributed by atoms with E-state index in [0.717, 1.165) is 11.4 Å². The number of aromatic nitrogens is 2. The first-order chi connectivity index (χ1) is 6.48. The second kappa shape index (κ2) is 3.08. The highest BCUT2D eigenvalue weighted by Crippen LogP contribution is 2.19. The molecular weight excluding hydrogens is 200 g/mol. The number of hydrogen-bond donors (Lipinski definition) is 0. The molecule has 5 heteroatoms. The van der Waals surface area contributed by atoms with Crippen LogP contribution in [0.3, 0.4) is 0 Å². The van der Waals surface area contributed by atoms with Crippen LogP contribution in [0.5, 0.6) is 0 Å². The third-order valence-corrected chi connectivity index (χ3v) is 4.00. The van der Waals surface area contributed by atoms with E-state index in [1.165, 1.54) is 0 Å². The third-order valence-electron chi connectivity index (χ3n) is 2.46. The minimum Gasteiger partial charge on any atom is -0.267 e. The van der Waals surface area contributed by atoms with Crippen LogP contribution in [0.1, 0.15) is 31.2 Å². The van der Waals surface area contributed by atoms with Crippen LogP contribution >= 0.6 is 0 Å². The molecule has 0 saturated heterocycles. The summed E-state index contributed by atoms with van der Waals surface area (Å²) in [5, 5.41) is 4.37. The summed E-state index contributed by atoms with van der Waals surface area (Å²) in [6.07, 6.45) is 0. The maximum absolute atomic E-state index is 11.4. The smallest absolute Gasteiger partial charge is 0.157 e. The van der Waals surface area contributed by atoms with Crippen LogP contribution in [-0.2, 0) is 22.1 Å². The highest BCUT2D eigenvalue weighted by atomic mass is 32.2. The van der Waals surface area contributed by atoms with Crippen molar-refractivity contribution in [1.82, 2.24) is 9.78 Å². The average Bonchev–Trinajstić information content (AvgIpc) is 2.45. The second-order valence-corrected chi connectivity index (χ2v) is 6.21. The van der Waals surface area contributed by atoms with Crippen LogP contribution in [0.4, 0.5) is 0 Å². The molecule has 0 aliphatic carbocycles. The lowest BCUT2D eigenvalue weighted by molar-refractivity contribution is 0.551. The van der Waals surface area contributed by atoms with Crippen molar-refractivity contribution in [2.45, 2.75) is 32.1 Å². The number of aryl methyl sites for hydroxylation is 1. The molecule has 0 radical (unpaired) electrons. The van der Waals surface area contributed by atoms with Crippen molar-refractivity contribution in [2.24, 2.45) is 0 Å². The SMILES string of the molecule is CC(C)c1cc2n(n1)CCS(=O)(=O)C2. The molecule has 4 nitrogen and oxygen atoms in total. The summed E-state index contributed by atoms with van der Waals surface area (Å²) in [5.74, 6) is 0.724. The molecule has 1 aliphatic heterocycles. The van der Waals surface area contributed by atoms with E-state index in [2.05, 4.69) is 18.9 Å². The molecule has 1 aromatic heterocycles. The summed E-state index contributed by atoms with van der Waals surface area (Å²) >= 11 is 0.